The Labute approximate surface area is 180 Å². The first-order chi connectivity index (χ1) is 15.3. The third kappa shape index (κ3) is 4.25. The van der Waals surface area contributed by atoms with Crippen LogP contribution in [-0.4, -0.2) is 44.7 Å². The van der Waals surface area contributed by atoms with E-state index in [9.17, 15) is 27.2 Å². The topological polar surface area (TPSA) is 68.1 Å². The van der Waals surface area contributed by atoms with Gasteiger partial charge in [-0.1, -0.05) is 35.5 Å². The zero-order valence-corrected chi connectivity index (χ0v) is 16.7. The molecule has 0 N–H and O–H groups in total. The number of carbonyl (C=O) groups excluding carboxylic acids is 2. The fourth-order valence-electron chi connectivity index (χ4n) is 3.78. The summed E-state index contributed by atoms with van der Waals surface area (Å²) in [5, 5.41) is 7.00. The molecule has 1 saturated heterocycles. The number of rotatable bonds is 4. The number of hydrogen-bond acceptors (Lipinski definition) is 4. The molecular weight excluding hydrogens is 428 g/mol. The highest BCUT2D eigenvalue weighted by molar-refractivity contribution is 5.98. The van der Waals surface area contributed by atoms with Crippen LogP contribution in [0.3, 0.4) is 0 Å². The molecule has 1 fully saturated rings. The first-order valence-corrected chi connectivity index (χ1v) is 9.93. The minimum absolute atomic E-state index is 0.0454. The monoisotopic (exact) mass is 446 g/mol. The highest BCUT2D eigenvalue weighted by Crippen LogP contribution is 2.34. The molecule has 2 aromatic carbocycles. The SMILES string of the molecule is O=C(c1ccccc1)C1CCN(C(=O)c2nnn(-c3ccc(F)cc3)c2C(F)(F)F)CC1. The van der Waals surface area contributed by atoms with Crippen molar-refractivity contribution in [3.63, 3.8) is 0 Å². The van der Waals surface area contributed by atoms with Crippen LogP contribution in [0.4, 0.5) is 17.6 Å². The zero-order chi connectivity index (χ0) is 22.9. The van der Waals surface area contributed by atoms with Crippen molar-refractivity contribution in [1.82, 2.24) is 19.9 Å². The lowest BCUT2D eigenvalue weighted by molar-refractivity contribution is -0.143. The Morgan fingerprint density at radius 2 is 1.56 bits per heavy atom. The molecule has 0 spiro atoms. The van der Waals surface area contributed by atoms with E-state index in [2.05, 4.69) is 10.3 Å². The number of carbonyl (C=O) groups is 2. The first kappa shape index (κ1) is 21.7. The minimum Gasteiger partial charge on any atom is -0.337 e. The predicted octanol–water partition coefficient (Wildman–Crippen LogP) is 4.16. The van der Waals surface area contributed by atoms with Crippen LogP contribution in [0.5, 0.6) is 0 Å². The van der Waals surface area contributed by atoms with Gasteiger partial charge in [0.15, 0.2) is 17.2 Å². The van der Waals surface area contributed by atoms with Gasteiger partial charge in [-0.25, -0.2) is 9.07 Å². The highest BCUT2D eigenvalue weighted by Gasteiger charge is 2.43. The van der Waals surface area contributed by atoms with E-state index in [-0.39, 0.29) is 30.5 Å². The summed E-state index contributed by atoms with van der Waals surface area (Å²) in [5.74, 6) is -1.88. The van der Waals surface area contributed by atoms with Gasteiger partial charge in [0.2, 0.25) is 0 Å². The van der Waals surface area contributed by atoms with Crippen molar-refractivity contribution in [3.05, 3.63) is 77.4 Å². The first-order valence-electron chi connectivity index (χ1n) is 9.93. The highest BCUT2D eigenvalue weighted by atomic mass is 19.4. The molecule has 2 heterocycles. The molecule has 166 valence electrons. The number of amides is 1. The van der Waals surface area contributed by atoms with Crippen molar-refractivity contribution in [3.8, 4) is 5.69 Å². The Morgan fingerprint density at radius 1 is 0.938 bits per heavy atom. The van der Waals surface area contributed by atoms with Crippen LogP contribution < -0.4 is 0 Å². The average Bonchev–Trinajstić information content (AvgIpc) is 3.25. The molecule has 4 rings (SSSR count). The number of hydrogen-bond donors (Lipinski definition) is 0. The maximum atomic E-state index is 13.8. The zero-order valence-electron chi connectivity index (χ0n) is 16.7. The molecule has 1 aliphatic heterocycles. The van der Waals surface area contributed by atoms with Crippen molar-refractivity contribution in [2.75, 3.05) is 13.1 Å². The number of piperidine rings is 1. The molecule has 6 nitrogen and oxygen atoms in total. The van der Waals surface area contributed by atoms with Gasteiger partial charge < -0.3 is 4.90 Å². The molecule has 0 unspecified atom stereocenters. The van der Waals surface area contributed by atoms with E-state index < -0.39 is 29.3 Å². The van der Waals surface area contributed by atoms with Crippen molar-refractivity contribution in [1.29, 1.82) is 0 Å². The normalized spacial score (nSPS) is 15.1. The summed E-state index contributed by atoms with van der Waals surface area (Å²) in [6, 6.07) is 13.0. The predicted molar refractivity (Wildman–Crippen MR) is 106 cm³/mol. The molecule has 0 aliphatic carbocycles. The number of alkyl halides is 3. The van der Waals surface area contributed by atoms with E-state index in [1.54, 1.807) is 30.3 Å². The van der Waals surface area contributed by atoms with Gasteiger partial charge in [-0.3, -0.25) is 9.59 Å². The fraction of sp³-hybridized carbons (Fsp3) is 0.273. The van der Waals surface area contributed by atoms with Crippen LogP contribution in [0.1, 0.15) is 39.4 Å². The second kappa shape index (κ2) is 8.52. The number of benzene rings is 2. The summed E-state index contributed by atoms with van der Waals surface area (Å²) in [6.45, 7) is 0.256. The Bertz CT molecular complexity index is 1120. The Balaban J connectivity index is 1.54. The smallest absolute Gasteiger partial charge is 0.337 e. The lowest BCUT2D eigenvalue weighted by Crippen LogP contribution is -2.41. The van der Waals surface area contributed by atoms with Gasteiger partial charge in [0.25, 0.3) is 5.91 Å². The molecule has 0 bridgehead atoms. The van der Waals surface area contributed by atoms with E-state index in [4.69, 9.17) is 0 Å². The van der Waals surface area contributed by atoms with Crippen molar-refractivity contribution in [2.45, 2.75) is 19.0 Å². The van der Waals surface area contributed by atoms with E-state index >= 15 is 0 Å². The largest absolute Gasteiger partial charge is 0.435 e. The standard InChI is InChI=1S/C22H18F4N4O2/c23-16-6-8-17(9-7-16)30-20(22(24,25)26)18(27-28-30)21(32)29-12-10-15(11-13-29)19(31)14-4-2-1-3-5-14/h1-9,15H,10-13H2. The lowest BCUT2D eigenvalue weighted by atomic mass is 9.89. The number of nitrogens with zero attached hydrogens (tertiary/aromatic N) is 4. The van der Waals surface area contributed by atoms with Gasteiger partial charge in [0, 0.05) is 24.6 Å². The van der Waals surface area contributed by atoms with E-state index in [1.165, 1.54) is 4.90 Å². The Kier molecular flexibility index (Phi) is 5.77. The summed E-state index contributed by atoms with van der Waals surface area (Å²) in [5.41, 5.74) is -1.65. The van der Waals surface area contributed by atoms with Crippen LogP contribution in [0.15, 0.2) is 54.6 Å². The van der Waals surface area contributed by atoms with Gasteiger partial charge in [-0.05, 0) is 37.1 Å². The van der Waals surface area contributed by atoms with Crippen molar-refractivity contribution in [2.24, 2.45) is 5.92 Å². The fourth-order valence-corrected chi connectivity index (χ4v) is 3.78. The van der Waals surface area contributed by atoms with Gasteiger partial charge >= 0.3 is 6.18 Å². The van der Waals surface area contributed by atoms with Gasteiger partial charge in [0.05, 0.1) is 5.69 Å². The minimum atomic E-state index is -4.91. The van der Waals surface area contributed by atoms with E-state index in [0.717, 1.165) is 24.3 Å². The lowest BCUT2D eigenvalue weighted by Gasteiger charge is -2.31. The molecule has 0 radical (unpaired) electrons. The number of likely N-dealkylation sites (tertiary alicyclic amines) is 1. The van der Waals surface area contributed by atoms with E-state index in [1.807, 2.05) is 0 Å². The summed E-state index contributed by atoms with van der Waals surface area (Å²) < 4.78 is 55.0. The molecule has 1 aliphatic rings. The Hall–Kier alpha value is -3.56. The van der Waals surface area contributed by atoms with Crippen molar-refractivity contribution < 1.29 is 27.2 Å². The summed E-state index contributed by atoms with van der Waals surface area (Å²) in [4.78, 5) is 26.7. The third-order valence-corrected chi connectivity index (χ3v) is 5.42. The Morgan fingerprint density at radius 3 is 2.16 bits per heavy atom. The summed E-state index contributed by atoms with van der Waals surface area (Å²) in [6.07, 6.45) is -4.23. The van der Waals surface area contributed by atoms with E-state index in [0.29, 0.717) is 23.1 Å². The molecule has 32 heavy (non-hydrogen) atoms. The number of halogens is 4. The molecule has 3 aromatic rings. The van der Waals surface area contributed by atoms with Crippen LogP contribution in [0.2, 0.25) is 0 Å². The molecule has 1 aromatic heterocycles. The second-order valence-electron chi connectivity index (χ2n) is 7.47. The summed E-state index contributed by atoms with van der Waals surface area (Å²) in [7, 11) is 0. The number of ketones is 1. The maximum absolute atomic E-state index is 13.8. The van der Waals surface area contributed by atoms with Gasteiger partial charge in [-0.2, -0.15) is 13.2 Å². The van der Waals surface area contributed by atoms with Gasteiger partial charge in [0.1, 0.15) is 5.82 Å². The molecule has 0 saturated carbocycles. The number of Topliss-reactive ketones (excluding diaryl/α,β-unsaturated/α-hetero) is 1. The van der Waals surface area contributed by atoms with Crippen LogP contribution >= 0.6 is 0 Å². The van der Waals surface area contributed by atoms with Crippen molar-refractivity contribution >= 4 is 11.7 Å². The van der Waals surface area contributed by atoms with Gasteiger partial charge in [-0.15, -0.1) is 5.10 Å². The van der Waals surface area contributed by atoms with Crippen LogP contribution in [0, 0.1) is 11.7 Å². The molecule has 10 heteroatoms. The second-order valence-corrected chi connectivity index (χ2v) is 7.47. The average molecular weight is 446 g/mol. The number of aromatic nitrogens is 3. The summed E-state index contributed by atoms with van der Waals surface area (Å²) >= 11 is 0. The van der Waals surface area contributed by atoms with Crippen LogP contribution in [0.25, 0.3) is 5.69 Å². The molecular formula is C22H18F4N4O2. The van der Waals surface area contributed by atoms with Crippen LogP contribution in [-0.2, 0) is 6.18 Å². The molecule has 0 atom stereocenters. The third-order valence-electron chi connectivity index (χ3n) is 5.42. The maximum Gasteiger partial charge on any atom is 0.435 e. The quantitative estimate of drug-likeness (QED) is 0.446. The molecule has 1 amide bonds.